The van der Waals surface area contributed by atoms with E-state index in [-0.39, 0.29) is 17.0 Å². The number of hydrogen-bond acceptors (Lipinski definition) is 4. The van der Waals surface area contributed by atoms with Crippen LogP contribution in [-0.2, 0) is 4.74 Å². The monoisotopic (exact) mass is 291 g/mol. The van der Waals surface area contributed by atoms with E-state index in [0.717, 1.165) is 29.9 Å². The van der Waals surface area contributed by atoms with E-state index in [9.17, 15) is 0 Å². The van der Waals surface area contributed by atoms with Crippen LogP contribution in [0.1, 0.15) is 38.8 Å². The Hall–Kier alpha value is -1.75. The van der Waals surface area contributed by atoms with Gasteiger partial charge in [0, 0.05) is 24.3 Å². The first-order valence-corrected chi connectivity index (χ1v) is 7.17. The second-order valence-electron chi connectivity index (χ2n) is 6.98. The molecule has 0 unspecified atom stereocenters. The Morgan fingerprint density at radius 1 is 1.24 bits per heavy atom. The Bertz CT molecular complexity index is 549. The third kappa shape index (κ3) is 3.47. The molecule has 116 valence electrons. The van der Waals surface area contributed by atoms with E-state index in [0.29, 0.717) is 0 Å². The van der Waals surface area contributed by atoms with Crippen LogP contribution in [0.2, 0.25) is 0 Å². The van der Waals surface area contributed by atoms with Crippen LogP contribution >= 0.6 is 0 Å². The molecule has 0 atom stereocenters. The topological polar surface area (TPSA) is 71.1 Å². The minimum Gasteiger partial charge on any atom is -0.409 e. The molecule has 1 aromatic carbocycles. The van der Waals surface area contributed by atoms with Crippen molar-refractivity contribution in [1.82, 2.24) is 0 Å². The second kappa shape index (κ2) is 5.22. The van der Waals surface area contributed by atoms with Crippen LogP contribution in [0, 0.1) is 6.92 Å². The van der Waals surface area contributed by atoms with Gasteiger partial charge in [0.1, 0.15) is 0 Å². The number of oxime groups is 1. The standard InChI is InChI=1S/C16H25N3O2/c1-11-6-7-12(14(17)18-20)13(8-11)19-9-15(2,3)21-16(4,5)10-19/h6-8,20H,9-10H2,1-5H3,(H2,17,18). The molecule has 2 rings (SSSR count). The molecular formula is C16H25N3O2. The van der Waals surface area contributed by atoms with Crippen LogP contribution in [-0.4, -0.2) is 35.3 Å². The van der Waals surface area contributed by atoms with E-state index in [1.165, 1.54) is 0 Å². The lowest BCUT2D eigenvalue weighted by atomic mass is 9.96. The molecule has 1 aromatic rings. The molecular weight excluding hydrogens is 266 g/mol. The fraction of sp³-hybridized carbons (Fsp3) is 0.562. The Kier molecular flexibility index (Phi) is 3.89. The Balaban J connectivity index is 2.47. The number of ether oxygens (including phenoxy) is 1. The van der Waals surface area contributed by atoms with Crippen molar-refractivity contribution in [3.8, 4) is 0 Å². The summed E-state index contributed by atoms with van der Waals surface area (Å²) < 4.78 is 6.12. The number of morpholine rings is 1. The molecule has 1 heterocycles. The molecule has 0 radical (unpaired) electrons. The maximum atomic E-state index is 9.01. The van der Waals surface area contributed by atoms with E-state index < -0.39 is 0 Å². The van der Waals surface area contributed by atoms with Crippen molar-refractivity contribution in [2.24, 2.45) is 10.9 Å². The van der Waals surface area contributed by atoms with Gasteiger partial charge in [0.15, 0.2) is 5.84 Å². The SMILES string of the molecule is Cc1ccc(/C(N)=N/O)c(N2CC(C)(C)OC(C)(C)C2)c1. The number of rotatable bonds is 2. The van der Waals surface area contributed by atoms with E-state index in [1.54, 1.807) is 0 Å². The van der Waals surface area contributed by atoms with Gasteiger partial charge in [-0.2, -0.15) is 0 Å². The van der Waals surface area contributed by atoms with Crippen LogP contribution in [0.5, 0.6) is 0 Å². The van der Waals surface area contributed by atoms with Crippen molar-refractivity contribution in [3.05, 3.63) is 29.3 Å². The molecule has 0 bridgehead atoms. The van der Waals surface area contributed by atoms with E-state index in [2.05, 4.69) is 43.8 Å². The third-order valence-corrected chi connectivity index (χ3v) is 3.57. The van der Waals surface area contributed by atoms with Crippen LogP contribution in [0.25, 0.3) is 0 Å². The Morgan fingerprint density at radius 2 is 1.81 bits per heavy atom. The van der Waals surface area contributed by atoms with Crippen molar-refractivity contribution < 1.29 is 9.94 Å². The molecule has 1 saturated heterocycles. The van der Waals surface area contributed by atoms with Crippen LogP contribution < -0.4 is 10.6 Å². The zero-order valence-corrected chi connectivity index (χ0v) is 13.5. The van der Waals surface area contributed by atoms with Gasteiger partial charge in [-0.25, -0.2) is 0 Å². The van der Waals surface area contributed by atoms with E-state index in [4.69, 9.17) is 15.7 Å². The molecule has 5 nitrogen and oxygen atoms in total. The summed E-state index contributed by atoms with van der Waals surface area (Å²) in [5, 5.41) is 12.2. The van der Waals surface area contributed by atoms with Crippen molar-refractivity contribution in [2.45, 2.75) is 45.8 Å². The highest BCUT2D eigenvalue weighted by atomic mass is 16.5. The molecule has 1 aliphatic rings. The zero-order valence-electron chi connectivity index (χ0n) is 13.5. The smallest absolute Gasteiger partial charge is 0.172 e. The second-order valence-corrected chi connectivity index (χ2v) is 6.98. The molecule has 0 spiro atoms. The van der Waals surface area contributed by atoms with Gasteiger partial charge in [-0.1, -0.05) is 11.2 Å². The number of nitrogens with zero attached hydrogens (tertiary/aromatic N) is 2. The van der Waals surface area contributed by atoms with E-state index >= 15 is 0 Å². The first kappa shape index (κ1) is 15.6. The average Bonchev–Trinajstić information content (AvgIpc) is 2.34. The quantitative estimate of drug-likeness (QED) is 0.380. The lowest BCUT2D eigenvalue weighted by Crippen LogP contribution is -2.57. The van der Waals surface area contributed by atoms with Gasteiger partial charge in [-0.05, 0) is 52.3 Å². The molecule has 0 saturated carbocycles. The summed E-state index contributed by atoms with van der Waals surface area (Å²) in [4.78, 5) is 2.25. The first-order valence-electron chi connectivity index (χ1n) is 7.17. The molecule has 21 heavy (non-hydrogen) atoms. The van der Waals surface area contributed by atoms with Gasteiger partial charge in [0.2, 0.25) is 0 Å². The summed E-state index contributed by atoms with van der Waals surface area (Å²) in [5.41, 5.74) is 8.19. The number of nitrogens with two attached hydrogens (primary N) is 1. The minimum absolute atomic E-state index is 0.132. The molecule has 5 heteroatoms. The fourth-order valence-corrected chi connectivity index (χ4v) is 3.13. The number of anilines is 1. The van der Waals surface area contributed by atoms with Gasteiger partial charge in [-0.15, -0.1) is 0 Å². The summed E-state index contributed by atoms with van der Waals surface area (Å²) in [6, 6.07) is 5.94. The maximum absolute atomic E-state index is 9.01. The largest absolute Gasteiger partial charge is 0.409 e. The Morgan fingerprint density at radius 3 is 2.33 bits per heavy atom. The van der Waals surface area contributed by atoms with Gasteiger partial charge in [-0.3, -0.25) is 0 Å². The Labute approximate surface area is 126 Å². The normalized spacial score (nSPS) is 21.4. The van der Waals surface area contributed by atoms with Crippen LogP contribution in [0.4, 0.5) is 5.69 Å². The van der Waals surface area contributed by atoms with E-state index in [1.807, 2.05) is 19.1 Å². The first-order chi connectivity index (χ1) is 9.63. The predicted octanol–water partition coefficient (Wildman–Crippen LogP) is 2.48. The molecule has 0 aliphatic carbocycles. The summed E-state index contributed by atoms with van der Waals surface area (Å²) in [7, 11) is 0. The van der Waals surface area contributed by atoms with Crippen molar-refractivity contribution in [1.29, 1.82) is 0 Å². The highest BCUT2D eigenvalue weighted by Gasteiger charge is 2.38. The van der Waals surface area contributed by atoms with Gasteiger partial charge in [0.05, 0.1) is 11.2 Å². The number of benzene rings is 1. The minimum atomic E-state index is -0.256. The predicted molar refractivity (Wildman–Crippen MR) is 85.1 cm³/mol. The number of amidine groups is 1. The summed E-state index contributed by atoms with van der Waals surface area (Å²) in [6.07, 6.45) is 0. The molecule has 1 fully saturated rings. The van der Waals surface area contributed by atoms with Crippen molar-refractivity contribution in [2.75, 3.05) is 18.0 Å². The van der Waals surface area contributed by atoms with Crippen LogP contribution in [0.3, 0.4) is 0 Å². The average molecular weight is 291 g/mol. The summed E-state index contributed by atoms with van der Waals surface area (Å²) in [6.45, 7) is 11.9. The molecule has 0 aromatic heterocycles. The van der Waals surface area contributed by atoms with Gasteiger partial charge >= 0.3 is 0 Å². The highest BCUT2D eigenvalue weighted by molar-refractivity contribution is 6.02. The summed E-state index contributed by atoms with van der Waals surface area (Å²) in [5.74, 6) is 0.132. The molecule has 1 aliphatic heterocycles. The third-order valence-electron chi connectivity index (χ3n) is 3.57. The number of hydrogen-bond donors (Lipinski definition) is 2. The number of aryl methyl sites for hydroxylation is 1. The summed E-state index contributed by atoms with van der Waals surface area (Å²) >= 11 is 0. The van der Waals surface area contributed by atoms with Crippen LogP contribution in [0.15, 0.2) is 23.4 Å². The fourth-order valence-electron chi connectivity index (χ4n) is 3.13. The van der Waals surface area contributed by atoms with Crippen molar-refractivity contribution >= 4 is 11.5 Å². The molecule has 3 N–H and O–H groups in total. The highest BCUT2D eigenvalue weighted by Crippen LogP contribution is 2.33. The van der Waals surface area contributed by atoms with Crippen molar-refractivity contribution in [3.63, 3.8) is 0 Å². The van der Waals surface area contributed by atoms with Gasteiger partial charge < -0.3 is 20.6 Å². The maximum Gasteiger partial charge on any atom is 0.172 e. The lowest BCUT2D eigenvalue weighted by Gasteiger charge is -2.48. The zero-order chi connectivity index (χ0) is 15.8. The van der Waals surface area contributed by atoms with Gasteiger partial charge in [0.25, 0.3) is 0 Å². The molecule has 0 amide bonds. The lowest BCUT2D eigenvalue weighted by molar-refractivity contribution is -0.133.